The molecular weight excluding hydrogens is 220 g/mol. The molecule has 0 fully saturated rings. The van der Waals surface area contributed by atoms with Crippen LogP contribution in [0.5, 0.6) is 5.75 Å². The predicted octanol–water partition coefficient (Wildman–Crippen LogP) is 3.38. The van der Waals surface area contributed by atoms with Gasteiger partial charge in [0.1, 0.15) is 5.75 Å². The van der Waals surface area contributed by atoms with Gasteiger partial charge in [0.05, 0.1) is 6.61 Å². The third kappa shape index (κ3) is 2.31. The summed E-state index contributed by atoms with van der Waals surface area (Å²) in [5.74, 6) is 0.784. The number of thiophene rings is 1. The Kier molecular flexibility index (Phi) is 3.37. The van der Waals surface area contributed by atoms with E-state index in [1.165, 1.54) is 11.3 Å². The van der Waals surface area contributed by atoms with Gasteiger partial charge in [0, 0.05) is 16.5 Å². The van der Waals surface area contributed by atoms with Gasteiger partial charge in [-0.1, -0.05) is 12.1 Å². The molecule has 2 aromatic rings. The van der Waals surface area contributed by atoms with Crippen LogP contribution in [-0.4, -0.2) is 12.4 Å². The molecule has 82 valence electrons. The molecule has 0 bridgehead atoms. The Morgan fingerprint density at radius 1 is 1.31 bits per heavy atom. The van der Waals surface area contributed by atoms with Gasteiger partial charge in [0.15, 0.2) is 5.78 Å². The Labute approximate surface area is 98.5 Å². The van der Waals surface area contributed by atoms with E-state index in [4.69, 9.17) is 4.74 Å². The molecule has 3 heteroatoms. The molecule has 1 heterocycles. The minimum absolute atomic E-state index is 0.0443. The second kappa shape index (κ2) is 4.94. The summed E-state index contributed by atoms with van der Waals surface area (Å²) >= 11 is 1.52. The van der Waals surface area contributed by atoms with Crippen LogP contribution in [0.1, 0.15) is 22.8 Å². The lowest BCUT2D eigenvalue weighted by atomic mass is 10.1. The van der Waals surface area contributed by atoms with Crippen LogP contribution in [-0.2, 0) is 0 Å². The van der Waals surface area contributed by atoms with Crippen LogP contribution in [0, 0.1) is 0 Å². The van der Waals surface area contributed by atoms with Crippen molar-refractivity contribution in [3.8, 4) is 5.75 Å². The van der Waals surface area contributed by atoms with Crippen LogP contribution in [0.25, 0.3) is 0 Å². The van der Waals surface area contributed by atoms with E-state index >= 15 is 0 Å². The number of rotatable bonds is 4. The fourth-order valence-electron chi connectivity index (χ4n) is 1.45. The molecular formula is C13H12O2S. The highest BCUT2D eigenvalue weighted by Crippen LogP contribution is 2.17. The van der Waals surface area contributed by atoms with Crippen LogP contribution in [0.2, 0.25) is 0 Å². The van der Waals surface area contributed by atoms with E-state index in [-0.39, 0.29) is 5.78 Å². The standard InChI is InChI=1S/C13H12O2S/c1-2-15-12-5-3-4-10(8-12)13(14)11-6-7-16-9-11/h3-9H,2H2,1H3. The summed E-state index contributed by atoms with van der Waals surface area (Å²) in [6.45, 7) is 2.53. The fourth-order valence-corrected chi connectivity index (χ4v) is 2.09. The molecule has 0 saturated carbocycles. The van der Waals surface area contributed by atoms with Gasteiger partial charge < -0.3 is 4.74 Å². The van der Waals surface area contributed by atoms with E-state index in [2.05, 4.69) is 0 Å². The van der Waals surface area contributed by atoms with Crippen molar-refractivity contribution in [1.29, 1.82) is 0 Å². The summed E-state index contributed by atoms with van der Waals surface area (Å²) in [6, 6.07) is 9.12. The Morgan fingerprint density at radius 2 is 2.19 bits per heavy atom. The molecule has 0 atom stereocenters. The maximum Gasteiger partial charge on any atom is 0.193 e. The average molecular weight is 232 g/mol. The second-order valence-corrected chi connectivity index (χ2v) is 4.08. The van der Waals surface area contributed by atoms with Gasteiger partial charge >= 0.3 is 0 Å². The van der Waals surface area contributed by atoms with Crippen LogP contribution in [0.4, 0.5) is 0 Å². The van der Waals surface area contributed by atoms with Crippen molar-refractivity contribution >= 4 is 17.1 Å². The first-order valence-electron chi connectivity index (χ1n) is 5.11. The van der Waals surface area contributed by atoms with Crippen LogP contribution in [0.3, 0.4) is 0 Å². The number of ether oxygens (including phenoxy) is 1. The molecule has 0 aliphatic heterocycles. The molecule has 0 amide bonds. The molecule has 16 heavy (non-hydrogen) atoms. The first-order chi connectivity index (χ1) is 7.81. The van der Waals surface area contributed by atoms with Crippen molar-refractivity contribution < 1.29 is 9.53 Å². The van der Waals surface area contributed by atoms with Gasteiger partial charge in [-0.05, 0) is 30.5 Å². The van der Waals surface area contributed by atoms with Gasteiger partial charge in [0.25, 0.3) is 0 Å². The molecule has 0 aliphatic rings. The first kappa shape index (κ1) is 10.9. The summed E-state index contributed by atoms with van der Waals surface area (Å²) < 4.78 is 5.36. The molecule has 1 aromatic carbocycles. The summed E-state index contributed by atoms with van der Waals surface area (Å²) in [7, 11) is 0. The minimum atomic E-state index is 0.0443. The molecule has 2 nitrogen and oxygen atoms in total. The Balaban J connectivity index is 2.27. The summed E-state index contributed by atoms with van der Waals surface area (Å²) in [5.41, 5.74) is 1.41. The first-order valence-corrected chi connectivity index (χ1v) is 6.05. The largest absolute Gasteiger partial charge is 0.494 e. The summed E-state index contributed by atoms with van der Waals surface area (Å²) in [6.07, 6.45) is 0. The van der Waals surface area contributed by atoms with Crippen molar-refractivity contribution in [3.05, 3.63) is 52.2 Å². The highest BCUT2D eigenvalue weighted by molar-refractivity contribution is 7.08. The zero-order valence-corrected chi connectivity index (χ0v) is 9.79. The van der Waals surface area contributed by atoms with E-state index in [0.717, 1.165) is 11.3 Å². The molecule has 0 saturated heterocycles. The van der Waals surface area contributed by atoms with Crippen molar-refractivity contribution in [2.24, 2.45) is 0 Å². The maximum absolute atomic E-state index is 12.0. The average Bonchev–Trinajstić information content (AvgIpc) is 2.82. The quantitative estimate of drug-likeness (QED) is 0.755. The molecule has 1 aromatic heterocycles. The monoisotopic (exact) mass is 232 g/mol. The number of benzene rings is 1. The third-order valence-corrected chi connectivity index (χ3v) is 2.87. The normalized spacial score (nSPS) is 10.1. The maximum atomic E-state index is 12.0. The Hall–Kier alpha value is -1.61. The number of hydrogen-bond acceptors (Lipinski definition) is 3. The van der Waals surface area contributed by atoms with E-state index < -0.39 is 0 Å². The van der Waals surface area contributed by atoms with Crippen molar-refractivity contribution in [3.63, 3.8) is 0 Å². The van der Waals surface area contributed by atoms with E-state index in [0.29, 0.717) is 12.2 Å². The summed E-state index contributed by atoms with van der Waals surface area (Å²) in [5, 5.41) is 3.76. The minimum Gasteiger partial charge on any atom is -0.494 e. The number of ketones is 1. The SMILES string of the molecule is CCOc1cccc(C(=O)c2ccsc2)c1. The zero-order chi connectivity index (χ0) is 11.4. The smallest absolute Gasteiger partial charge is 0.193 e. The van der Waals surface area contributed by atoms with E-state index in [9.17, 15) is 4.79 Å². The fraction of sp³-hybridized carbons (Fsp3) is 0.154. The highest BCUT2D eigenvalue weighted by atomic mass is 32.1. The van der Waals surface area contributed by atoms with Crippen molar-refractivity contribution in [2.75, 3.05) is 6.61 Å². The lowest BCUT2D eigenvalue weighted by Gasteiger charge is -2.04. The Morgan fingerprint density at radius 3 is 2.88 bits per heavy atom. The van der Waals surface area contributed by atoms with Gasteiger partial charge in [0.2, 0.25) is 0 Å². The van der Waals surface area contributed by atoms with Crippen molar-refractivity contribution in [2.45, 2.75) is 6.92 Å². The van der Waals surface area contributed by atoms with Crippen LogP contribution >= 0.6 is 11.3 Å². The van der Waals surface area contributed by atoms with E-state index in [1.807, 2.05) is 41.9 Å². The zero-order valence-electron chi connectivity index (χ0n) is 8.97. The molecule has 0 N–H and O–H groups in total. The lowest BCUT2D eigenvalue weighted by molar-refractivity contribution is 0.103. The molecule has 0 spiro atoms. The van der Waals surface area contributed by atoms with Crippen LogP contribution < -0.4 is 4.74 Å². The molecule has 2 rings (SSSR count). The number of carbonyl (C=O) groups excluding carboxylic acids is 1. The molecule has 0 radical (unpaired) electrons. The van der Waals surface area contributed by atoms with Gasteiger partial charge in [-0.25, -0.2) is 0 Å². The number of hydrogen-bond donors (Lipinski definition) is 0. The molecule has 0 unspecified atom stereocenters. The van der Waals surface area contributed by atoms with E-state index in [1.54, 1.807) is 6.07 Å². The second-order valence-electron chi connectivity index (χ2n) is 3.30. The van der Waals surface area contributed by atoms with Crippen molar-refractivity contribution in [1.82, 2.24) is 0 Å². The van der Waals surface area contributed by atoms with Crippen LogP contribution in [0.15, 0.2) is 41.1 Å². The predicted molar refractivity (Wildman–Crippen MR) is 65.4 cm³/mol. The van der Waals surface area contributed by atoms with Gasteiger partial charge in [-0.2, -0.15) is 11.3 Å². The molecule has 0 aliphatic carbocycles. The lowest BCUT2D eigenvalue weighted by Crippen LogP contribution is -2.00. The highest BCUT2D eigenvalue weighted by Gasteiger charge is 2.09. The van der Waals surface area contributed by atoms with Gasteiger partial charge in [-0.15, -0.1) is 0 Å². The van der Waals surface area contributed by atoms with Gasteiger partial charge in [-0.3, -0.25) is 4.79 Å². The topological polar surface area (TPSA) is 26.3 Å². The summed E-state index contributed by atoms with van der Waals surface area (Å²) in [4.78, 5) is 12.0. The third-order valence-electron chi connectivity index (χ3n) is 2.19. The Bertz CT molecular complexity index is 474. The number of carbonyl (C=O) groups is 1.